The fourth-order valence-corrected chi connectivity index (χ4v) is 9.50. The molecule has 2 fully saturated rings. The monoisotopic (exact) mass is 776 g/mol. The fourth-order valence-electron chi connectivity index (χ4n) is 9.50. The first-order chi connectivity index (χ1) is 26.6. The summed E-state index contributed by atoms with van der Waals surface area (Å²) in [6.07, 6.45) is 4.09. The topological polar surface area (TPSA) is 152 Å². The summed E-state index contributed by atoms with van der Waals surface area (Å²) in [5.74, 6) is -1.63. The van der Waals surface area contributed by atoms with Crippen molar-refractivity contribution in [3.8, 4) is 0 Å². The summed E-state index contributed by atoms with van der Waals surface area (Å²) in [6, 6.07) is 9.26. The standard InChI is InChI=1S/C43H60N4O9/c1-25-20-26(2)39(50)54-34(24-48)43(7)37-29(5)35(45-17-18-47(37)41(51)56-43)27(3)23-42(6,38(25)55-40-36(49)33(46(8)9)21-28(4)53-40)52-19-11-12-30-14-15-32-31(22-30)13-10-16-44-32/h10-16,20,22,25,27-29,33-34,36-38,40,48-49H,17-19,21,23-24H2,1-9H3/b12-11+,26-20-/t25-,27+,28-,29-,33+,34+,36?,37+,38+,40+,42-,43+/m0/s1. The quantitative estimate of drug-likeness (QED) is 0.348. The highest BCUT2D eigenvalue weighted by molar-refractivity contribution is 5.91. The third-order valence-electron chi connectivity index (χ3n) is 12.2. The van der Waals surface area contributed by atoms with Crippen LogP contribution in [0.2, 0.25) is 0 Å². The molecule has 0 saturated carbocycles. The molecule has 1 unspecified atom stereocenters. The second kappa shape index (κ2) is 17.0. The van der Waals surface area contributed by atoms with Crippen molar-refractivity contribution in [1.82, 2.24) is 14.8 Å². The maximum Gasteiger partial charge on any atom is 0.411 e. The molecule has 4 aliphatic rings. The lowest BCUT2D eigenvalue weighted by atomic mass is 9.74. The lowest BCUT2D eigenvalue weighted by molar-refractivity contribution is -0.295. The second-order valence-corrected chi connectivity index (χ2v) is 16.8. The first kappa shape index (κ1) is 41.9. The minimum atomic E-state index is -1.34. The van der Waals surface area contributed by atoms with Crippen LogP contribution in [0.4, 0.5) is 4.79 Å². The molecule has 6 rings (SSSR count). The van der Waals surface area contributed by atoms with Gasteiger partial charge in [-0.1, -0.05) is 51.1 Å². The number of esters is 1. The summed E-state index contributed by atoms with van der Waals surface area (Å²) in [5, 5.41) is 23.3. The molecule has 13 nitrogen and oxygen atoms in total. The van der Waals surface area contributed by atoms with Crippen LogP contribution in [-0.2, 0) is 28.5 Å². The highest BCUT2D eigenvalue weighted by Crippen LogP contribution is 2.43. The van der Waals surface area contributed by atoms with Gasteiger partial charge in [0.25, 0.3) is 0 Å². The summed E-state index contributed by atoms with van der Waals surface area (Å²) in [5.41, 5.74) is 0.694. The molecule has 306 valence electrons. The van der Waals surface area contributed by atoms with Crippen LogP contribution < -0.4 is 0 Å². The number of rotatable bonds is 8. The van der Waals surface area contributed by atoms with Crippen molar-refractivity contribution >= 4 is 34.8 Å². The number of hydrogen-bond donors (Lipinski definition) is 2. The Morgan fingerprint density at radius 3 is 2.62 bits per heavy atom. The molecule has 0 radical (unpaired) electrons. The summed E-state index contributed by atoms with van der Waals surface area (Å²) >= 11 is 0. The van der Waals surface area contributed by atoms with Crippen molar-refractivity contribution in [2.24, 2.45) is 22.7 Å². The Bertz CT molecular complexity index is 1830. The molecule has 0 spiro atoms. The molecule has 4 aliphatic heterocycles. The normalized spacial score (nSPS) is 38.1. The number of amides is 1. The number of aliphatic hydroxyl groups excluding tert-OH is 2. The third kappa shape index (κ3) is 8.44. The van der Waals surface area contributed by atoms with Crippen LogP contribution in [0.15, 0.2) is 59.2 Å². The van der Waals surface area contributed by atoms with Crippen LogP contribution in [-0.4, -0.2) is 137 Å². The Kier molecular flexibility index (Phi) is 12.7. The molecule has 1 aromatic heterocycles. The number of carbonyl (C=O) groups excluding carboxylic acids is 2. The van der Waals surface area contributed by atoms with E-state index in [1.807, 2.05) is 83.1 Å². The van der Waals surface area contributed by atoms with Gasteiger partial charge in [0, 0.05) is 47.3 Å². The Balaban J connectivity index is 1.41. The number of aromatic nitrogens is 1. The number of carbonyl (C=O) groups is 2. The smallest absolute Gasteiger partial charge is 0.411 e. The average molecular weight is 777 g/mol. The van der Waals surface area contributed by atoms with E-state index in [9.17, 15) is 19.8 Å². The minimum Gasteiger partial charge on any atom is -0.452 e. The SMILES string of the molecule is C/C1=C/[C@H](C)[C@@H](O[C@H]2O[C@@H](C)C[C@@H](N(C)C)C2O)[C@@](C)(OC/C=C/c2ccc3ncccc3c2)C[C@@H](C)C2=NCCN3C(=O)O[C@](C)([C@@H](CO)OC1=O)[C@H]3[C@H]2C. The molecule has 2 bridgehead atoms. The van der Waals surface area contributed by atoms with Crippen molar-refractivity contribution in [3.63, 3.8) is 0 Å². The van der Waals surface area contributed by atoms with E-state index < -0.39 is 66.4 Å². The van der Waals surface area contributed by atoms with E-state index >= 15 is 0 Å². The second-order valence-electron chi connectivity index (χ2n) is 16.8. The predicted octanol–water partition coefficient (Wildman–Crippen LogP) is 5.03. The van der Waals surface area contributed by atoms with E-state index in [0.717, 1.165) is 22.2 Å². The molecule has 1 amide bonds. The number of ether oxygens (including phenoxy) is 5. The Hall–Kier alpha value is -3.72. The number of cyclic esters (lactones) is 1. The molecule has 1 aromatic carbocycles. The van der Waals surface area contributed by atoms with Crippen molar-refractivity contribution in [2.45, 2.75) is 115 Å². The van der Waals surface area contributed by atoms with Crippen molar-refractivity contribution < 1.29 is 43.5 Å². The van der Waals surface area contributed by atoms with Crippen LogP contribution >= 0.6 is 0 Å². The molecular weight excluding hydrogens is 716 g/mol. The zero-order chi connectivity index (χ0) is 40.5. The lowest BCUT2D eigenvalue weighted by Gasteiger charge is -2.47. The van der Waals surface area contributed by atoms with Crippen LogP contribution in [0.25, 0.3) is 17.0 Å². The molecule has 12 atom stereocenters. The van der Waals surface area contributed by atoms with Gasteiger partial charge in [-0.3, -0.25) is 14.9 Å². The maximum atomic E-state index is 13.8. The first-order valence-corrected chi connectivity index (χ1v) is 19.9. The zero-order valence-electron chi connectivity index (χ0n) is 34.3. The minimum absolute atomic E-state index is 0.182. The van der Waals surface area contributed by atoms with Gasteiger partial charge >= 0.3 is 12.1 Å². The number of benzene rings is 1. The number of pyridine rings is 1. The fraction of sp³-hybridized carbons (Fsp3) is 0.628. The molecule has 2 saturated heterocycles. The highest BCUT2D eigenvalue weighted by Gasteiger charge is 2.60. The molecule has 5 heterocycles. The van der Waals surface area contributed by atoms with Gasteiger partial charge < -0.3 is 38.8 Å². The highest BCUT2D eigenvalue weighted by atomic mass is 16.7. The van der Waals surface area contributed by atoms with Crippen molar-refractivity contribution in [2.75, 3.05) is 40.4 Å². The Labute approximate surface area is 330 Å². The van der Waals surface area contributed by atoms with Gasteiger partial charge in [-0.2, -0.15) is 0 Å². The van der Waals surface area contributed by atoms with E-state index in [1.165, 1.54) is 0 Å². The molecule has 2 N–H and O–H groups in total. The summed E-state index contributed by atoms with van der Waals surface area (Å²) in [7, 11) is 3.86. The number of aliphatic imine (C=N–C) groups is 1. The molecule has 13 heteroatoms. The summed E-state index contributed by atoms with van der Waals surface area (Å²) in [4.78, 5) is 40.4. The lowest BCUT2D eigenvalue weighted by Crippen LogP contribution is -2.59. The average Bonchev–Trinajstić information content (AvgIpc) is 3.28. The number of likely N-dealkylation sites (N-methyl/N-ethyl adjacent to an activating group) is 1. The van der Waals surface area contributed by atoms with Gasteiger partial charge in [0.05, 0.1) is 49.1 Å². The van der Waals surface area contributed by atoms with Gasteiger partial charge in [0.15, 0.2) is 18.0 Å². The van der Waals surface area contributed by atoms with Crippen molar-refractivity contribution in [3.05, 3.63) is 59.8 Å². The maximum absolute atomic E-state index is 13.8. The van der Waals surface area contributed by atoms with Crippen LogP contribution in [0.5, 0.6) is 0 Å². The summed E-state index contributed by atoms with van der Waals surface area (Å²) in [6.45, 7) is 13.8. The summed E-state index contributed by atoms with van der Waals surface area (Å²) < 4.78 is 32.2. The van der Waals surface area contributed by atoms with Gasteiger partial charge in [-0.25, -0.2) is 9.59 Å². The Morgan fingerprint density at radius 1 is 1.12 bits per heavy atom. The van der Waals surface area contributed by atoms with E-state index in [1.54, 1.807) is 31.0 Å². The molecule has 56 heavy (non-hydrogen) atoms. The Morgan fingerprint density at radius 2 is 1.89 bits per heavy atom. The van der Waals surface area contributed by atoms with E-state index in [2.05, 4.69) is 18.0 Å². The first-order valence-electron chi connectivity index (χ1n) is 19.9. The zero-order valence-corrected chi connectivity index (χ0v) is 34.3. The predicted molar refractivity (Wildman–Crippen MR) is 213 cm³/mol. The van der Waals surface area contributed by atoms with Gasteiger partial charge in [-0.05, 0) is 84.3 Å². The number of nitrogens with zero attached hydrogens (tertiary/aromatic N) is 4. The van der Waals surface area contributed by atoms with Crippen molar-refractivity contribution in [1.29, 1.82) is 0 Å². The van der Waals surface area contributed by atoms with Crippen LogP contribution in [0, 0.1) is 17.8 Å². The molecular formula is C43H60N4O9. The van der Waals surface area contributed by atoms with Gasteiger partial charge in [0.2, 0.25) is 0 Å². The van der Waals surface area contributed by atoms with E-state index in [4.69, 9.17) is 28.7 Å². The van der Waals surface area contributed by atoms with Crippen LogP contribution in [0.3, 0.4) is 0 Å². The van der Waals surface area contributed by atoms with Gasteiger partial charge in [0.1, 0.15) is 6.10 Å². The number of aliphatic hydroxyl groups is 2. The molecule has 2 aromatic rings. The van der Waals surface area contributed by atoms with Gasteiger partial charge in [-0.15, -0.1) is 0 Å². The third-order valence-corrected chi connectivity index (χ3v) is 12.2. The van der Waals surface area contributed by atoms with E-state index in [-0.39, 0.29) is 36.2 Å². The number of fused-ring (bicyclic) bond motifs is 2. The van der Waals surface area contributed by atoms with E-state index in [0.29, 0.717) is 25.9 Å². The largest absolute Gasteiger partial charge is 0.452 e. The number of hydrogen-bond acceptors (Lipinski definition) is 12. The molecule has 0 aliphatic carbocycles. The van der Waals surface area contributed by atoms with Crippen LogP contribution in [0.1, 0.15) is 66.9 Å².